The van der Waals surface area contributed by atoms with E-state index >= 15 is 0 Å². The average Bonchev–Trinajstić information content (AvgIpc) is 3.56. The van der Waals surface area contributed by atoms with Gasteiger partial charge in [0.1, 0.15) is 0 Å². The average molecular weight is 733 g/mol. The highest BCUT2D eigenvalue weighted by atomic mass is 32.2. The van der Waals surface area contributed by atoms with Crippen molar-refractivity contribution in [2.45, 2.75) is 15.2 Å². The molecule has 0 bridgehead atoms. The van der Waals surface area contributed by atoms with Crippen molar-refractivity contribution < 1.29 is 0 Å². The van der Waals surface area contributed by atoms with Gasteiger partial charge >= 0.3 is 0 Å². The van der Waals surface area contributed by atoms with Crippen molar-refractivity contribution in [3.05, 3.63) is 241 Å². The molecule has 0 saturated carbocycles. The monoisotopic (exact) mass is 732 g/mol. The van der Waals surface area contributed by atoms with Gasteiger partial charge in [-0.15, -0.1) is 0 Å². The molecular formula is C53H36N2S. The van der Waals surface area contributed by atoms with Gasteiger partial charge in [0.15, 0.2) is 0 Å². The highest BCUT2D eigenvalue weighted by Crippen LogP contribution is 2.65. The summed E-state index contributed by atoms with van der Waals surface area (Å²) in [6.45, 7) is 0. The van der Waals surface area contributed by atoms with Crippen LogP contribution in [0.25, 0.3) is 21.9 Å². The smallest absolute Gasteiger partial charge is 0.0737 e. The van der Waals surface area contributed by atoms with E-state index in [-0.39, 0.29) is 0 Å². The van der Waals surface area contributed by atoms with Crippen LogP contribution in [0.2, 0.25) is 0 Å². The number of para-hydroxylation sites is 4. The quantitative estimate of drug-likeness (QED) is 0.168. The molecule has 1 atom stereocenters. The van der Waals surface area contributed by atoms with E-state index in [4.69, 9.17) is 0 Å². The highest BCUT2D eigenvalue weighted by molar-refractivity contribution is 7.99. The Kier molecular flexibility index (Phi) is 7.68. The maximum atomic E-state index is 2.48. The molecule has 1 unspecified atom stereocenters. The van der Waals surface area contributed by atoms with Crippen LogP contribution in [0.1, 0.15) is 22.3 Å². The van der Waals surface area contributed by atoms with Crippen molar-refractivity contribution in [1.82, 2.24) is 0 Å². The second-order valence-electron chi connectivity index (χ2n) is 14.5. The van der Waals surface area contributed by atoms with Crippen molar-refractivity contribution >= 4 is 56.7 Å². The maximum absolute atomic E-state index is 2.48. The van der Waals surface area contributed by atoms with Gasteiger partial charge < -0.3 is 9.80 Å². The summed E-state index contributed by atoms with van der Waals surface area (Å²) in [6, 6.07) is 80.0. The molecule has 3 heteroatoms. The summed E-state index contributed by atoms with van der Waals surface area (Å²) in [5.74, 6) is 0. The van der Waals surface area contributed by atoms with Crippen LogP contribution in [0.3, 0.4) is 0 Å². The number of hydrogen-bond donors (Lipinski definition) is 0. The van der Waals surface area contributed by atoms with Crippen molar-refractivity contribution in [1.29, 1.82) is 0 Å². The molecule has 11 rings (SSSR count). The molecule has 9 aromatic rings. The molecule has 1 aliphatic heterocycles. The minimum absolute atomic E-state index is 0.587. The van der Waals surface area contributed by atoms with Crippen LogP contribution in [0, 0.1) is 0 Å². The summed E-state index contributed by atoms with van der Waals surface area (Å²) in [7, 11) is 0. The Labute approximate surface area is 332 Å². The molecule has 1 heterocycles. The lowest BCUT2D eigenvalue weighted by molar-refractivity contribution is 0.724. The Balaban J connectivity index is 1.25. The number of fused-ring (bicyclic) bond motifs is 10. The zero-order valence-electron chi connectivity index (χ0n) is 30.6. The van der Waals surface area contributed by atoms with E-state index in [0.29, 0.717) is 0 Å². The molecular weight excluding hydrogens is 697 g/mol. The molecule has 2 nitrogen and oxygen atoms in total. The predicted molar refractivity (Wildman–Crippen MR) is 235 cm³/mol. The molecule has 56 heavy (non-hydrogen) atoms. The first-order chi connectivity index (χ1) is 27.8. The van der Waals surface area contributed by atoms with Gasteiger partial charge in [0.05, 0.1) is 11.1 Å². The zero-order valence-corrected chi connectivity index (χ0v) is 31.4. The number of anilines is 6. The molecule has 264 valence electrons. The van der Waals surface area contributed by atoms with Gasteiger partial charge in [0.2, 0.25) is 0 Å². The van der Waals surface area contributed by atoms with Crippen LogP contribution in [0.4, 0.5) is 34.1 Å². The van der Waals surface area contributed by atoms with Crippen LogP contribution in [0.15, 0.2) is 228 Å². The van der Waals surface area contributed by atoms with Gasteiger partial charge in [-0.3, -0.25) is 0 Å². The highest BCUT2D eigenvalue weighted by Gasteiger charge is 2.51. The lowest BCUT2D eigenvalue weighted by atomic mass is 9.67. The lowest BCUT2D eigenvalue weighted by Crippen LogP contribution is -2.32. The molecule has 0 amide bonds. The van der Waals surface area contributed by atoms with Gasteiger partial charge in [0, 0.05) is 43.8 Å². The molecule has 0 fully saturated rings. The molecule has 0 N–H and O–H groups in total. The topological polar surface area (TPSA) is 6.48 Å². The zero-order chi connectivity index (χ0) is 37.1. The Morgan fingerprint density at radius 2 is 0.821 bits per heavy atom. The summed E-state index contributed by atoms with van der Waals surface area (Å²) >= 11 is 1.89. The third-order valence-electron chi connectivity index (χ3n) is 11.4. The third kappa shape index (κ3) is 4.98. The molecule has 0 aromatic heterocycles. The molecule has 1 spiro atoms. The fourth-order valence-corrected chi connectivity index (χ4v) is 10.4. The first-order valence-electron chi connectivity index (χ1n) is 19.2. The van der Waals surface area contributed by atoms with E-state index in [0.717, 1.165) is 34.1 Å². The van der Waals surface area contributed by atoms with Crippen molar-refractivity contribution in [2.24, 2.45) is 0 Å². The second kappa shape index (κ2) is 13.2. The van der Waals surface area contributed by atoms with Crippen LogP contribution in [-0.4, -0.2) is 0 Å². The van der Waals surface area contributed by atoms with E-state index in [1.165, 1.54) is 53.9 Å². The van der Waals surface area contributed by atoms with Crippen molar-refractivity contribution in [3.8, 4) is 11.1 Å². The van der Waals surface area contributed by atoms with Crippen LogP contribution >= 0.6 is 11.8 Å². The Hall–Kier alpha value is -6.81. The third-order valence-corrected chi connectivity index (χ3v) is 12.6. The number of rotatable bonds is 6. The number of hydrogen-bond acceptors (Lipinski definition) is 3. The summed E-state index contributed by atoms with van der Waals surface area (Å²) in [5.41, 5.74) is 14.0. The molecule has 0 radical (unpaired) electrons. The second-order valence-corrected chi connectivity index (χ2v) is 15.6. The molecule has 1 aliphatic carbocycles. The SMILES string of the molecule is c1ccc(N(c2ccccc2)c2ccc3c(c2)C2(c4cc5ccccc5cc4S3)c3ccccc3-c3c(N(c4ccccc4)c4ccccc4)cccc32)cc1. The Bertz CT molecular complexity index is 2810. The van der Waals surface area contributed by atoms with Crippen molar-refractivity contribution in [3.63, 3.8) is 0 Å². The largest absolute Gasteiger partial charge is 0.310 e. The van der Waals surface area contributed by atoms with Crippen molar-refractivity contribution in [2.75, 3.05) is 9.80 Å². The fourth-order valence-electron chi connectivity index (χ4n) is 9.16. The summed E-state index contributed by atoms with van der Waals surface area (Å²) in [4.78, 5) is 7.38. The normalized spacial score (nSPS) is 14.8. The van der Waals surface area contributed by atoms with E-state index in [1.807, 2.05) is 11.8 Å². The summed E-state index contributed by atoms with van der Waals surface area (Å²) in [6.07, 6.45) is 0. The lowest BCUT2D eigenvalue weighted by Gasteiger charge is -2.41. The summed E-state index contributed by atoms with van der Waals surface area (Å²) in [5, 5.41) is 2.51. The van der Waals surface area contributed by atoms with Gasteiger partial charge in [-0.05, 0) is 124 Å². The molecule has 0 saturated heterocycles. The van der Waals surface area contributed by atoms with Gasteiger partial charge in [-0.2, -0.15) is 0 Å². The number of nitrogens with zero attached hydrogens (tertiary/aromatic N) is 2. The standard InChI is InChI=1S/C53H36N2S/c1-5-20-39(21-6-1)54(40-22-7-2-8-23-40)43-32-33-50-48(36-43)53(47-34-37-18-13-14-19-38(37)35-51(47)56-50)45-29-16-15-28-44(45)52-46(53)30-17-31-49(52)55(41-24-9-3-10-25-41)42-26-11-4-12-27-42/h1-36H. The first kappa shape index (κ1) is 32.6. The van der Waals surface area contributed by atoms with Gasteiger partial charge in [0.25, 0.3) is 0 Å². The predicted octanol–water partition coefficient (Wildman–Crippen LogP) is 14.6. The fraction of sp³-hybridized carbons (Fsp3) is 0.0189. The first-order valence-corrected chi connectivity index (χ1v) is 20.0. The minimum Gasteiger partial charge on any atom is -0.310 e. The Morgan fingerprint density at radius 1 is 0.321 bits per heavy atom. The molecule has 9 aromatic carbocycles. The van der Waals surface area contributed by atoms with E-state index < -0.39 is 5.41 Å². The Morgan fingerprint density at radius 3 is 1.45 bits per heavy atom. The van der Waals surface area contributed by atoms with E-state index in [1.54, 1.807) is 0 Å². The van der Waals surface area contributed by atoms with Gasteiger partial charge in [-0.1, -0.05) is 145 Å². The van der Waals surface area contributed by atoms with Crippen LogP contribution < -0.4 is 9.80 Å². The van der Waals surface area contributed by atoms with E-state index in [2.05, 4.69) is 228 Å². The van der Waals surface area contributed by atoms with Crippen LogP contribution in [-0.2, 0) is 5.41 Å². The molecule has 2 aliphatic rings. The maximum Gasteiger partial charge on any atom is 0.0737 e. The minimum atomic E-state index is -0.587. The van der Waals surface area contributed by atoms with E-state index in [9.17, 15) is 0 Å². The van der Waals surface area contributed by atoms with Crippen LogP contribution in [0.5, 0.6) is 0 Å². The van der Waals surface area contributed by atoms with Gasteiger partial charge in [-0.25, -0.2) is 0 Å². The summed E-state index contributed by atoms with van der Waals surface area (Å²) < 4.78 is 0. The number of benzene rings is 9.